The normalized spacial score (nSPS) is 19.2. The molecule has 1 rings (SSSR count). The van der Waals surface area contributed by atoms with Gasteiger partial charge in [-0.1, -0.05) is 17.3 Å². The standard InChI is InChI=1S/C9H11ClN2S/c1-5(2)8-7(12-9(10)11)6(3)4-13-8/h4,11H,1-3H3. The Morgan fingerprint density at radius 2 is 2.15 bits per heavy atom. The Labute approximate surface area is 87.3 Å². The number of halogens is 1. The summed E-state index contributed by atoms with van der Waals surface area (Å²) in [6, 6.07) is 0. The number of rotatable bonds is 0. The van der Waals surface area contributed by atoms with Crippen LogP contribution in [0.3, 0.4) is 0 Å². The zero-order chi connectivity index (χ0) is 10.0. The van der Waals surface area contributed by atoms with Crippen molar-refractivity contribution >= 4 is 34.4 Å². The highest BCUT2D eigenvalue weighted by Gasteiger charge is 2.17. The fourth-order valence-electron chi connectivity index (χ4n) is 1.03. The van der Waals surface area contributed by atoms with E-state index in [-0.39, 0.29) is 5.29 Å². The summed E-state index contributed by atoms with van der Waals surface area (Å²) in [5.41, 5.74) is 3.12. The molecule has 0 spiro atoms. The average molecular weight is 215 g/mol. The van der Waals surface area contributed by atoms with E-state index in [2.05, 4.69) is 4.99 Å². The van der Waals surface area contributed by atoms with Gasteiger partial charge in [-0.3, -0.25) is 5.41 Å². The molecule has 0 radical (unpaired) electrons. The molecule has 1 heterocycles. The Morgan fingerprint density at radius 1 is 1.54 bits per heavy atom. The van der Waals surface area contributed by atoms with Crippen LogP contribution < -0.4 is 0 Å². The van der Waals surface area contributed by atoms with E-state index in [1.165, 1.54) is 5.57 Å². The second-order valence-electron chi connectivity index (χ2n) is 3.00. The van der Waals surface area contributed by atoms with Gasteiger partial charge in [0.2, 0.25) is 5.29 Å². The number of aliphatic imine (C=N–C) groups is 1. The maximum atomic E-state index is 7.10. The van der Waals surface area contributed by atoms with Gasteiger partial charge in [-0.05, 0) is 43.4 Å². The van der Waals surface area contributed by atoms with Gasteiger partial charge in [-0.15, -0.1) is 0 Å². The van der Waals surface area contributed by atoms with Crippen LogP contribution in [-0.4, -0.2) is 11.0 Å². The molecule has 0 aliphatic carbocycles. The number of nitrogens with zero attached hydrogens (tertiary/aromatic N) is 1. The lowest BCUT2D eigenvalue weighted by molar-refractivity contribution is 1.38. The maximum absolute atomic E-state index is 7.10. The van der Waals surface area contributed by atoms with Crippen LogP contribution in [0.5, 0.6) is 0 Å². The highest BCUT2D eigenvalue weighted by molar-refractivity contribution is 8.07. The van der Waals surface area contributed by atoms with Crippen molar-refractivity contribution in [2.24, 2.45) is 4.99 Å². The quantitative estimate of drug-likeness (QED) is 0.374. The second-order valence-corrected chi connectivity index (χ2v) is 4.24. The molecule has 0 amide bonds. The van der Waals surface area contributed by atoms with Gasteiger partial charge < -0.3 is 0 Å². The third kappa shape index (κ3) is 2.45. The summed E-state index contributed by atoms with van der Waals surface area (Å²) in [6.45, 7) is 6.03. The van der Waals surface area contributed by atoms with Crippen molar-refractivity contribution in [3.63, 3.8) is 0 Å². The molecule has 0 aromatic carbocycles. The van der Waals surface area contributed by atoms with Crippen LogP contribution in [0.2, 0.25) is 0 Å². The molecule has 0 aromatic rings. The van der Waals surface area contributed by atoms with E-state index in [1.54, 1.807) is 11.8 Å². The Hall–Kier alpha value is -0.540. The van der Waals surface area contributed by atoms with Crippen molar-refractivity contribution in [1.82, 2.24) is 0 Å². The van der Waals surface area contributed by atoms with Crippen LogP contribution in [0.1, 0.15) is 20.8 Å². The zero-order valence-corrected chi connectivity index (χ0v) is 9.38. The highest BCUT2D eigenvalue weighted by Crippen LogP contribution is 2.33. The number of hydrogen-bond donors (Lipinski definition) is 1. The minimum absolute atomic E-state index is 0.163. The fourth-order valence-corrected chi connectivity index (χ4v) is 2.07. The van der Waals surface area contributed by atoms with Gasteiger partial charge in [0.25, 0.3) is 0 Å². The molecule has 2 nitrogen and oxygen atoms in total. The van der Waals surface area contributed by atoms with Crippen molar-refractivity contribution in [2.75, 3.05) is 0 Å². The largest absolute Gasteiger partial charge is 0.272 e. The summed E-state index contributed by atoms with van der Waals surface area (Å²) in [6.07, 6.45) is 0. The van der Waals surface area contributed by atoms with Crippen LogP contribution in [0.15, 0.2) is 26.5 Å². The van der Waals surface area contributed by atoms with Crippen molar-refractivity contribution in [2.45, 2.75) is 20.8 Å². The fraction of sp³-hybridized carbons (Fsp3) is 0.333. The molecule has 0 fully saturated rings. The molecule has 1 aliphatic heterocycles. The molecule has 0 aromatic heterocycles. The summed E-state index contributed by atoms with van der Waals surface area (Å²) >= 11 is 7.07. The van der Waals surface area contributed by atoms with Gasteiger partial charge in [0.05, 0.1) is 5.71 Å². The van der Waals surface area contributed by atoms with Gasteiger partial charge >= 0.3 is 0 Å². The lowest BCUT2D eigenvalue weighted by Crippen LogP contribution is -2.00. The summed E-state index contributed by atoms with van der Waals surface area (Å²) in [4.78, 5) is 5.09. The first kappa shape index (κ1) is 10.5. The number of allylic oxidation sites excluding steroid dienone is 3. The van der Waals surface area contributed by atoms with Crippen molar-refractivity contribution < 1.29 is 0 Å². The number of hydrogen-bond acceptors (Lipinski definition) is 2. The zero-order valence-electron chi connectivity index (χ0n) is 7.81. The summed E-state index contributed by atoms with van der Waals surface area (Å²) in [5, 5.41) is 8.96. The van der Waals surface area contributed by atoms with Gasteiger partial charge in [0.15, 0.2) is 0 Å². The van der Waals surface area contributed by atoms with E-state index in [1.807, 2.05) is 26.2 Å². The Morgan fingerprint density at radius 3 is 2.62 bits per heavy atom. The predicted octanol–water partition coefficient (Wildman–Crippen LogP) is 3.55. The van der Waals surface area contributed by atoms with Gasteiger partial charge in [-0.2, -0.15) is 0 Å². The Kier molecular flexibility index (Phi) is 3.33. The molecule has 0 bridgehead atoms. The minimum Gasteiger partial charge on any atom is -0.272 e. The van der Waals surface area contributed by atoms with Crippen molar-refractivity contribution in [1.29, 1.82) is 5.41 Å². The van der Waals surface area contributed by atoms with Crippen LogP contribution in [-0.2, 0) is 0 Å². The number of nitrogens with one attached hydrogen (secondary N) is 1. The van der Waals surface area contributed by atoms with E-state index in [9.17, 15) is 0 Å². The summed E-state index contributed by atoms with van der Waals surface area (Å²) < 4.78 is 0. The first-order valence-electron chi connectivity index (χ1n) is 3.86. The van der Waals surface area contributed by atoms with Gasteiger partial charge in [-0.25, -0.2) is 4.99 Å². The predicted molar refractivity (Wildman–Crippen MR) is 60.7 cm³/mol. The molecule has 0 saturated carbocycles. The molecule has 0 saturated heterocycles. The molecule has 1 N–H and O–H groups in total. The highest BCUT2D eigenvalue weighted by atomic mass is 35.5. The molecule has 0 atom stereocenters. The lowest BCUT2D eigenvalue weighted by Gasteiger charge is -2.02. The summed E-state index contributed by atoms with van der Waals surface area (Å²) in [5.74, 6) is 0. The van der Waals surface area contributed by atoms with E-state index in [0.29, 0.717) is 0 Å². The topological polar surface area (TPSA) is 36.2 Å². The van der Waals surface area contributed by atoms with Crippen molar-refractivity contribution in [3.8, 4) is 0 Å². The molecule has 0 unspecified atom stereocenters. The Bertz CT molecular complexity index is 336. The van der Waals surface area contributed by atoms with E-state index < -0.39 is 0 Å². The molecular weight excluding hydrogens is 204 g/mol. The number of thioether (sulfide) groups is 1. The van der Waals surface area contributed by atoms with E-state index in [0.717, 1.165) is 16.2 Å². The third-order valence-electron chi connectivity index (χ3n) is 1.61. The lowest BCUT2D eigenvalue weighted by atomic mass is 10.1. The smallest absolute Gasteiger partial charge is 0.215 e. The van der Waals surface area contributed by atoms with Crippen molar-refractivity contribution in [3.05, 3.63) is 21.5 Å². The SMILES string of the molecule is CC1=CSC(=C(C)C)C1=NC(=N)Cl. The first-order valence-corrected chi connectivity index (χ1v) is 5.12. The number of amidine groups is 1. The van der Waals surface area contributed by atoms with Crippen LogP contribution in [0.25, 0.3) is 0 Å². The minimum atomic E-state index is -0.163. The second kappa shape index (κ2) is 4.11. The van der Waals surface area contributed by atoms with Gasteiger partial charge in [0, 0.05) is 4.91 Å². The van der Waals surface area contributed by atoms with Crippen LogP contribution in [0.4, 0.5) is 0 Å². The first-order chi connectivity index (χ1) is 6.02. The maximum Gasteiger partial charge on any atom is 0.215 e. The van der Waals surface area contributed by atoms with Crippen LogP contribution >= 0.6 is 23.4 Å². The molecule has 70 valence electrons. The summed E-state index contributed by atoms with van der Waals surface area (Å²) in [7, 11) is 0. The molecule has 1 aliphatic rings. The van der Waals surface area contributed by atoms with Crippen LogP contribution in [0, 0.1) is 5.41 Å². The average Bonchev–Trinajstić information content (AvgIpc) is 2.32. The molecule has 4 heteroatoms. The van der Waals surface area contributed by atoms with E-state index >= 15 is 0 Å². The third-order valence-corrected chi connectivity index (χ3v) is 3.00. The molecular formula is C9H11ClN2S. The Balaban J connectivity index is 3.11. The van der Waals surface area contributed by atoms with Gasteiger partial charge in [0.1, 0.15) is 0 Å². The monoisotopic (exact) mass is 214 g/mol. The van der Waals surface area contributed by atoms with E-state index in [4.69, 9.17) is 17.0 Å². The molecule has 13 heavy (non-hydrogen) atoms.